The Morgan fingerprint density at radius 2 is 0.875 bits per heavy atom. The lowest BCUT2D eigenvalue weighted by Gasteiger charge is -2.63. The minimum absolute atomic E-state index is 0.0872. The Labute approximate surface area is 236 Å². The Hall–Kier alpha value is -4.95. The Morgan fingerprint density at radius 3 is 1.30 bits per heavy atom. The number of amides is 1. The normalized spacial score (nSPS) is 15.8. The van der Waals surface area contributed by atoms with Crippen molar-refractivity contribution in [3.63, 3.8) is 0 Å². The average molecular weight is 518 g/mol. The van der Waals surface area contributed by atoms with E-state index in [2.05, 4.69) is 85.0 Å². The number of carbonyl (C=O) groups is 1. The van der Waals surface area contributed by atoms with Crippen LogP contribution in [-0.4, -0.2) is 16.3 Å². The fourth-order valence-electron chi connectivity index (χ4n) is 5.97. The van der Waals surface area contributed by atoms with Crippen molar-refractivity contribution in [1.82, 2.24) is 4.90 Å². The molecule has 5 aromatic carbocycles. The van der Waals surface area contributed by atoms with Gasteiger partial charge in [0.2, 0.25) is 5.91 Å². The van der Waals surface area contributed by atoms with Crippen molar-refractivity contribution in [2.45, 2.75) is 17.5 Å². The Bertz CT molecular complexity index is 1520. The smallest absolute Gasteiger partial charge is 0.242 e. The van der Waals surface area contributed by atoms with E-state index in [4.69, 9.17) is 0 Å². The number of benzene rings is 5. The molecule has 0 aliphatic carbocycles. The summed E-state index contributed by atoms with van der Waals surface area (Å²) in [6, 6.07) is 51.3. The number of likely N-dealkylation sites (tertiary alicyclic amines) is 1. The zero-order valence-electron chi connectivity index (χ0n) is 22.3. The number of nitrogens with zero attached hydrogens (tertiary/aromatic N) is 1. The van der Waals surface area contributed by atoms with Crippen LogP contribution >= 0.6 is 0 Å². The van der Waals surface area contributed by atoms with Crippen LogP contribution in [0, 0.1) is 0 Å². The summed E-state index contributed by atoms with van der Waals surface area (Å²) >= 11 is 0. The van der Waals surface area contributed by atoms with Gasteiger partial charge in [-0.1, -0.05) is 176 Å². The molecular formula is C38H31NO. The molecule has 1 aliphatic rings. The first kappa shape index (κ1) is 25.3. The molecule has 1 heterocycles. The maximum atomic E-state index is 14.8. The molecule has 1 aliphatic heterocycles. The minimum Gasteiger partial charge on any atom is -0.323 e. The second-order valence-corrected chi connectivity index (χ2v) is 10.2. The third kappa shape index (κ3) is 4.38. The molecule has 2 heteroatoms. The Morgan fingerprint density at radius 1 is 0.500 bits per heavy atom. The van der Waals surface area contributed by atoms with Crippen molar-refractivity contribution >= 4 is 18.1 Å². The van der Waals surface area contributed by atoms with Crippen LogP contribution in [0.4, 0.5) is 0 Å². The molecule has 0 saturated carbocycles. The Balaban J connectivity index is 1.63. The summed E-state index contributed by atoms with van der Waals surface area (Å²) in [5.41, 5.74) is 3.50. The van der Waals surface area contributed by atoms with Crippen LogP contribution in [0.15, 0.2) is 164 Å². The zero-order valence-corrected chi connectivity index (χ0v) is 22.3. The molecule has 0 spiro atoms. The van der Waals surface area contributed by atoms with Gasteiger partial charge < -0.3 is 4.90 Å². The second kappa shape index (κ2) is 11.0. The van der Waals surface area contributed by atoms with Gasteiger partial charge >= 0.3 is 0 Å². The molecule has 194 valence electrons. The molecule has 1 amide bonds. The van der Waals surface area contributed by atoms with E-state index in [0.29, 0.717) is 6.54 Å². The monoisotopic (exact) mass is 517 g/mol. The highest BCUT2D eigenvalue weighted by atomic mass is 16.2. The van der Waals surface area contributed by atoms with Crippen molar-refractivity contribution in [2.75, 3.05) is 0 Å². The van der Waals surface area contributed by atoms with Crippen molar-refractivity contribution < 1.29 is 4.79 Å². The van der Waals surface area contributed by atoms with Gasteiger partial charge in [0.05, 0.1) is 0 Å². The van der Waals surface area contributed by atoms with Crippen molar-refractivity contribution in [1.29, 1.82) is 0 Å². The number of hydrogen-bond donors (Lipinski definition) is 0. The van der Waals surface area contributed by atoms with Crippen LogP contribution in [0.25, 0.3) is 12.2 Å². The van der Waals surface area contributed by atoms with E-state index in [-0.39, 0.29) is 5.91 Å². The van der Waals surface area contributed by atoms with E-state index in [1.165, 1.54) is 0 Å². The van der Waals surface area contributed by atoms with E-state index in [0.717, 1.165) is 27.8 Å². The van der Waals surface area contributed by atoms with E-state index < -0.39 is 11.0 Å². The Kier molecular flexibility index (Phi) is 6.99. The van der Waals surface area contributed by atoms with Gasteiger partial charge in [0.15, 0.2) is 0 Å². The lowest BCUT2D eigenvalue weighted by Crippen LogP contribution is -2.78. The van der Waals surface area contributed by atoms with Gasteiger partial charge in [-0.3, -0.25) is 4.79 Å². The fraction of sp³-hybridized carbons (Fsp3) is 0.0789. The molecule has 6 rings (SSSR count). The SMILES string of the molecule is O=C1N(Cc2ccccc2)C(/C=C/c2ccccc2)(/C=C/c2ccccc2)C1(c1ccccc1)c1ccccc1. The molecule has 5 aromatic rings. The average Bonchev–Trinajstić information content (AvgIpc) is 3.03. The highest BCUT2D eigenvalue weighted by molar-refractivity contribution is 6.04. The van der Waals surface area contributed by atoms with Crippen LogP contribution in [0.5, 0.6) is 0 Å². The third-order valence-corrected chi connectivity index (χ3v) is 7.87. The number of carbonyl (C=O) groups excluding carboxylic acids is 1. The zero-order chi connectivity index (χ0) is 27.3. The second-order valence-electron chi connectivity index (χ2n) is 10.2. The van der Waals surface area contributed by atoms with Crippen LogP contribution in [0.3, 0.4) is 0 Å². The standard InChI is InChI=1S/C38H31NO/c40-36-38(34-22-12-4-13-23-34,35-24-14-5-15-25-35)37(28-26-31-16-6-1-7-17-31,29-27-32-18-8-2-9-19-32)39(36)30-33-20-10-3-11-21-33/h1-29H,30H2/b28-26+,29-27+. The molecule has 0 aromatic heterocycles. The van der Waals surface area contributed by atoms with Crippen LogP contribution in [0.1, 0.15) is 27.8 Å². The predicted molar refractivity (Wildman–Crippen MR) is 164 cm³/mol. The first-order chi connectivity index (χ1) is 19.7. The lowest BCUT2D eigenvalue weighted by molar-refractivity contribution is -0.162. The first-order valence-corrected chi connectivity index (χ1v) is 13.7. The maximum Gasteiger partial charge on any atom is 0.242 e. The van der Waals surface area contributed by atoms with E-state index in [1.54, 1.807) is 0 Å². The molecular weight excluding hydrogens is 486 g/mol. The number of β-lactam (4-membered cyclic amide) rings is 1. The molecule has 0 N–H and O–H groups in total. The van der Waals surface area contributed by atoms with Gasteiger partial charge in [-0.05, 0) is 27.8 Å². The maximum absolute atomic E-state index is 14.8. The van der Waals surface area contributed by atoms with Gasteiger partial charge in [-0.15, -0.1) is 0 Å². The van der Waals surface area contributed by atoms with Crippen LogP contribution in [0.2, 0.25) is 0 Å². The summed E-state index contributed by atoms with van der Waals surface area (Å²) in [4.78, 5) is 16.8. The highest BCUT2D eigenvalue weighted by Gasteiger charge is 2.70. The molecule has 0 atom stereocenters. The predicted octanol–water partition coefficient (Wildman–Crippen LogP) is 8.18. The largest absolute Gasteiger partial charge is 0.323 e. The summed E-state index contributed by atoms with van der Waals surface area (Å²) in [6.07, 6.45) is 8.76. The third-order valence-electron chi connectivity index (χ3n) is 7.87. The topological polar surface area (TPSA) is 20.3 Å². The molecule has 0 bridgehead atoms. The lowest BCUT2D eigenvalue weighted by atomic mass is 9.53. The van der Waals surface area contributed by atoms with Gasteiger partial charge in [0, 0.05) is 6.54 Å². The molecule has 0 radical (unpaired) electrons. The summed E-state index contributed by atoms with van der Waals surface area (Å²) in [5, 5.41) is 0. The summed E-state index contributed by atoms with van der Waals surface area (Å²) in [5.74, 6) is 0.0872. The van der Waals surface area contributed by atoms with Crippen LogP contribution < -0.4 is 0 Å². The first-order valence-electron chi connectivity index (χ1n) is 13.7. The minimum atomic E-state index is -0.944. The van der Waals surface area contributed by atoms with Gasteiger partial charge in [0.1, 0.15) is 11.0 Å². The van der Waals surface area contributed by atoms with Crippen LogP contribution in [-0.2, 0) is 16.8 Å². The molecule has 1 fully saturated rings. The fourth-order valence-corrected chi connectivity index (χ4v) is 5.97. The van der Waals surface area contributed by atoms with E-state index in [1.807, 2.05) is 95.9 Å². The van der Waals surface area contributed by atoms with Gasteiger partial charge in [0.25, 0.3) is 0 Å². The van der Waals surface area contributed by atoms with Crippen molar-refractivity contribution in [2.24, 2.45) is 0 Å². The molecule has 0 unspecified atom stereocenters. The summed E-state index contributed by atoms with van der Waals surface area (Å²) in [6.45, 7) is 0.499. The number of rotatable bonds is 8. The van der Waals surface area contributed by atoms with Crippen molar-refractivity contribution in [3.8, 4) is 0 Å². The van der Waals surface area contributed by atoms with Crippen molar-refractivity contribution in [3.05, 3.63) is 192 Å². The van der Waals surface area contributed by atoms with E-state index in [9.17, 15) is 4.79 Å². The number of hydrogen-bond acceptors (Lipinski definition) is 1. The van der Waals surface area contributed by atoms with Gasteiger partial charge in [-0.25, -0.2) is 0 Å². The molecule has 1 saturated heterocycles. The molecule has 2 nitrogen and oxygen atoms in total. The summed E-state index contributed by atoms with van der Waals surface area (Å²) < 4.78 is 0. The molecule has 40 heavy (non-hydrogen) atoms. The summed E-state index contributed by atoms with van der Waals surface area (Å²) in [7, 11) is 0. The van der Waals surface area contributed by atoms with E-state index >= 15 is 0 Å². The highest BCUT2D eigenvalue weighted by Crippen LogP contribution is 2.57. The van der Waals surface area contributed by atoms with Gasteiger partial charge in [-0.2, -0.15) is 0 Å². The quantitative estimate of drug-likeness (QED) is 0.190.